The molecule has 0 spiro atoms. The number of carbonyl (C=O) groups is 1. The first kappa shape index (κ1) is 26.9. The van der Waals surface area contributed by atoms with Gasteiger partial charge in [-0.1, -0.05) is 52.3 Å². The SMILES string of the molecule is C/C=C(/C)C1=C(C)Nc2ncccc2C(=O)N1.C/C=C(\C)CC.CC.CC. The van der Waals surface area contributed by atoms with Gasteiger partial charge in [-0.25, -0.2) is 4.98 Å². The molecule has 0 aromatic carbocycles. The number of amides is 1. The van der Waals surface area contributed by atoms with E-state index in [4.69, 9.17) is 0 Å². The van der Waals surface area contributed by atoms with Crippen molar-refractivity contribution < 1.29 is 4.79 Å². The number of rotatable bonds is 2. The van der Waals surface area contributed by atoms with Crippen LogP contribution in [0.15, 0.2) is 53.0 Å². The summed E-state index contributed by atoms with van der Waals surface area (Å²) in [5, 5.41) is 6.07. The van der Waals surface area contributed by atoms with Gasteiger partial charge >= 0.3 is 0 Å². The van der Waals surface area contributed by atoms with E-state index < -0.39 is 0 Å². The van der Waals surface area contributed by atoms with Gasteiger partial charge in [0, 0.05) is 11.9 Å². The Bertz CT molecular complexity index is 655. The van der Waals surface area contributed by atoms with Gasteiger partial charge < -0.3 is 10.6 Å². The third-order valence-electron chi connectivity index (χ3n) is 3.85. The van der Waals surface area contributed by atoms with Gasteiger partial charge in [0.05, 0.1) is 11.3 Å². The number of carbonyl (C=O) groups excluding carboxylic acids is 1. The van der Waals surface area contributed by atoms with Crippen LogP contribution in [0.3, 0.4) is 0 Å². The number of hydrogen-bond acceptors (Lipinski definition) is 3. The fraction of sp³-hybridized carbons (Fsp3) is 0.478. The summed E-state index contributed by atoms with van der Waals surface area (Å²) in [6.07, 6.45) is 6.96. The second-order valence-electron chi connectivity index (χ2n) is 5.44. The molecule has 0 atom stereocenters. The van der Waals surface area contributed by atoms with Gasteiger partial charge in [0.15, 0.2) is 0 Å². The molecule has 27 heavy (non-hydrogen) atoms. The lowest BCUT2D eigenvalue weighted by atomic mass is 10.1. The molecule has 0 unspecified atom stereocenters. The molecule has 2 rings (SSSR count). The van der Waals surface area contributed by atoms with E-state index in [0.29, 0.717) is 11.4 Å². The summed E-state index contributed by atoms with van der Waals surface area (Å²) < 4.78 is 0. The third-order valence-corrected chi connectivity index (χ3v) is 3.85. The average Bonchev–Trinajstić information content (AvgIpc) is 2.86. The number of pyridine rings is 1. The number of fused-ring (bicyclic) bond motifs is 1. The monoisotopic (exact) mass is 373 g/mol. The quantitative estimate of drug-likeness (QED) is 0.557. The van der Waals surface area contributed by atoms with Crippen LogP contribution in [0.25, 0.3) is 0 Å². The summed E-state index contributed by atoms with van der Waals surface area (Å²) in [6, 6.07) is 3.51. The van der Waals surface area contributed by atoms with Gasteiger partial charge in [-0.05, 0) is 58.7 Å². The summed E-state index contributed by atoms with van der Waals surface area (Å²) in [6.45, 7) is 20.2. The molecule has 4 heteroatoms. The molecular formula is C23H39N3O. The largest absolute Gasteiger partial charge is 0.341 e. The van der Waals surface area contributed by atoms with Gasteiger partial charge in [0.1, 0.15) is 5.82 Å². The zero-order valence-electron chi connectivity index (χ0n) is 18.9. The minimum absolute atomic E-state index is 0.131. The number of aromatic nitrogens is 1. The highest BCUT2D eigenvalue weighted by Crippen LogP contribution is 2.21. The predicted molar refractivity (Wildman–Crippen MR) is 120 cm³/mol. The maximum absolute atomic E-state index is 12.0. The van der Waals surface area contributed by atoms with Crippen LogP contribution >= 0.6 is 0 Å². The lowest BCUT2D eigenvalue weighted by Crippen LogP contribution is -2.23. The molecule has 152 valence electrons. The fourth-order valence-electron chi connectivity index (χ4n) is 1.95. The van der Waals surface area contributed by atoms with E-state index in [1.54, 1.807) is 18.3 Å². The van der Waals surface area contributed by atoms with Crippen LogP contribution in [0.5, 0.6) is 0 Å². The van der Waals surface area contributed by atoms with Crippen LogP contribution < -0.4 is 10.6 Å². The van der Waals surface area contributed by atoms with Crippen molar-refractivity contribution in [3.05, 3.63) is 58.6 Å². The number of anilines is 1. The number of nitrogens with one attached hydrogen (secondary N) is 2. The molecule has 2 heterocycles. The van der Waals surface area contributed by atoms with E-state index in [1.165, 1.54) is 12.0 Å². The summed E-state index contributed by atoms with van der Waals surface area (Å²) in [5.41, 5.74) is 4.76. The average molecular weight is 374 g/mol. The molecule has 0 radical (unpaired) electrons. The van der Waals surface area contributed by atoms with E-state index in [0.717, 1.165) is 17.0 Å². The molecular weight excluding hydrogens is 334 g/mol. The van der Waals surface area contributed by atoms with Crippen LogP contribution in [0.4, 0.5) is 5.82 Å². The summed E-state index contributed by atoms with van der Waals surface area (Å²) in [7, 11) is 0. The molecule has 0 aliphatic carbocycles. The van der Waals surface area contributed by atoms with Gasteiger partial charge in [-0.3, -0.25) is 4.79 Å². The zero-order chi connectivity index (χ0) is 21.4. The van der Waals surface area contributed by atoms with Crippen molar-refractivity contribution in [1.29, 1.82) is 0 Å². The molecule has 0 bridgehead atoms. The van der Waals surface area contributed by atoms with Crippen molar-refractivity contribution in [2.75, 3.05) is 5.32 Å². The molecule has 0 saturated heterocycles. The van der Waals surface area contributed by atoms with E-state index >= 15 is 0 Å². The van der Waals surface area contributed by atoms with Crippen LogP contribution in [-0.4, -0.2) is 10.9 Å². The highest BCUT2D eigenvalue weighted by molar-refractivity contribution is 6.01. The minimum atomic E-state index is -0.131. The van der Waals surface area contributed by atoms with Gasteiger partial charge in [-0.15, -0.1) is 0 Å². The Kier molecular flexibility index (Phi) is 15.8. The van der Waals surface area contributed by atoms with Crippen molar-refractivity contribution in [2.24, 2.45) is 0 Å². The maximum Gasteiger partial charge on any atom is 0.259 e. The smallest absolute Gasteiger partial charge is 0.259 e. The molecule has 1 aliphatic heterocycles. The fourth-order valence-corrected chi connectivity index (χ4v) is 1.95. The number of hydrogen-bond donors (Lipinski definition) is 2. The van der Waals surface area contributed by atoms with E-state index in [2.05, 4.69) is 42.5 Å². The topological polar surface area (TPSA) is 54.0 Å². The van der Waals surface area contributed by atoms with Crippen molar-refractivity contribution in [1.82, 2.24) is 10.3 Å². The Morgan fingerprint density at radius 3 is 2.11 bits per heavy atom. The highest BCUT2D eigenvalue weighted by atomic mass is 16.1. The Morgan fingerprint density at radius 1 is 1.07 bits per heavy atom. The first-order chi connectivity index (χ1) is 12.9. The Hall–Kier alpha value is -2.36. The Morgan fingerprint density at radius 2 is 1.67 bits per heavy atom. The molecule has 1 aromatic heterocycles. The zero-order valence-corrected chi connectivity index (χ0v) is 18.9. The molecule has 2 N–H and O–H groups in total. The standard InChI is InChI=1S/C13H15N3O.C6H12.2C2H6/c1-4-8(2)11-9(3)15-12-10(13(17)16-11)6-5-7-14-12;1-4-6(3)5-2;2*1-2/h4-7H,1-3H3,(H,14,15)(H,16,17);4H,5H2,1-3H3;2*1-2H3/b8-4-;6-4+;;. The van der Waals surface area contributed by atoms with Crippen LogP contribution in [-0.2, 0) is 0 Å². The van der Waals surface area contributed by atoms with Crippen LogP contribution in [0, 0.1) is 0 Å². The molecule has 1 aromatic rings. The predicted octanol–water partition coefficient (Wildman–Crippen LogP) is 6.85. The number of nitrogens with zero attached hydrogens (tertiary/aromatic N) is 1. The van der Waals surface area contributed by atoms with E-state index in [9.17, 15) is 4.79 Å². The molecule has 1 aliphatic rings. The second-order valence-corrected chi connectivity index (χ2v) is 5.44. The van der Waals surface area contributed by atoms with Crippen molar-refractivity contribution in [3.63, 3.8) is 0 Å². The van der Waals surface area contributed by atoms with Crippen LogP contribution in [0.1, 0.15) is 86.0 Å². The highest BCUT2D eigenvalue weighted by Gasteiger charge is 2.19. The summed E-state index contributed by atoms with van der Waals surface area (Å²) >= 11 is 0. The van der Waals surface area contributed by atoms with Gasteiger partial charge in [-0.2, -0.15) is 0 Å². The lowest BCUT2D eigenvalue weighted by molar-refractivity contribution is 0.0967. The van der Waals surface area contributed by atoms with Gasteiger partial charge in [0.25, 0.3) is 5.91 Å². The first-order valence-electron chi connectivity index (χ1n) is 9.93. The summed E-state index contributed by atoms with van der Waals surface area (Å²) in [4.78, 5) is 16.2. The number of allylic oxidation sites excluding steroid dienone is 5. The van der Waals surface area contributed by atoms with Crippen LogP contribution in [0.2, 0.25) is 0 Å². The first-order valence-corrected chi connectivity index (χ1v) is 9.93. The molecule has 1 amide bonds. The van der Waals surface area contributed by atoms with Gasteiger partial charge in [0.2, 0.25) is 0 Å². The molecule has 0 saturated carbocycles. The molecule has 4 nitrogen and oxygen atoms in total. The third kappa shape index (κ3) is 9.23. The Balaban J connectivity index is 0. The van der Waals surface area contributed by atoms with E-state index in [-0.39, 0.29) is 5.91 Å². The van der Waals surface area contributed by atoms with E-state index in [1.807, 2.05) is 54.5 Å². The summed E-state index contributed by atoms with van der Waals surface area (Å²) in [5.74, 6) is 0.468. The second kappa shape index (κ2) is 15.9. The lowest BCUT2D eigenvalue weighted by Gasteiger charge is -2.10. The maximum atomic E-state index is 12.0. The van der Waals surface area contributed by atoms with Crippen molar-refractivity contribution in [3.8, 4) is 0 Å². The van der Waals surface area contributed by atoms with Crippen molar-refractivity contribution >= 4 is 11.7 Å². The normalized spacial score (nSPS) is 13.2. The molecule has 0 fully saturated rings. The minimum Gasteiger partial charge on any atom is -0.341 e. The van der Waals surface area contributed by atoms with Crippen molar-refractivity contribution in [2.45, 2.75) is 75.7 Å². The Labute approximate surface area is 166 Å².